The second kappa shape index (κ2) is 5.50. The highest BCUT2D eigenvalue weighted by Gasteiger charge is 2.12. The Hall–Kier alpha value is -2.37. The van der Waals surface area contributed by atoms with Crippen LogP contribution in [0.5, 0.6) is 5.75 Å². The molecule has 16 heavy (non-hydrogen) atoms. The molecule has 0 aliphatic carbocycles. The van der Waals surface area contributed by atoms with E-state index in [0.717, 1.165) is 12.3 Å². The average molecular weight is 223 g/mol. The van der Waals surface area contributed by atoms with E-state index in [2.05, 4.69) is 4.74 Å². The number of benzene rings is 1. The first kappa shape index (κ1) is 11.7. The molecule has 0 aliphatic rings. The van der Waals surface area contributed by atoms with Crippen LogP contribution in [-0.2, 0) is 9.53 Å². The highest BCUT2D eigenvalue weighted by Crippen LogP contribution is 2.25. The lowest BCUT2D eigenvalue weighted by Crippen LogP contribution is -1.96. The van der Waals surface area contributed by atoms with Gasteiger partial charge in [0.15, 0.2) is 0 Å². The van der Waals surface area contributed by atoms with Crippen molar-refractivity contribution >= 4 is 11.7 Å². The van der Waals surface area contributed by atoms with Gasteiger partial charge in [-0.15, -0.1) is 0 Å². The summed E-state index contributed by atoms with van der Waals surface area (Å²) >= 11 is 0. The van der Waals surface area contributed by atoms with Gasteiger partial charge in [-0.25, -0.2) is 4.79 Å². The van der Waals surface area contributed by atoms with Gasteiger partial charge in [0.2, 0.25) is 5.75 Å². The Bertz CT molecular complexity index is 427. The number of carbonyl (C=O) groups excluding carboxylic acids is 1. The van der Waals surface area contributed by atoms with Crippen LogP contribution in [0.2, 0.25) is 0 Å². The van der Waals surface area contributed by atoms with Crippen LogP contribution in [0, 0.1) is 10.1 Å². The third-order valence-corrected chi connectivity index (χ3v) is 1.66. The fourth-order valence-corrected chi connectivity index (χ4v) is 0.939. The molecule has 0 bridgehead atoms. The van der Waals surface area contributed by atoms with E-state index in [1.54, 1.807) is 6.07 Å². The van der Waals surface area contributed by atoms with Crippen molar-refractivity contribution in [1.29, 1.82) is 0 Å². The molecule has 0 amide bonds. The number of para-hydroxylation sites is 2. The number of esters is 1. The fraction of sp³-hybridized carbons (Fsp3) is 0.100. The summed E-state index contributed by atoms with van der Waals surface area (Å²) in [5.41, 5.74) is -0.169. The molecule has 1 aromatic rings. The summed E-state index contributed by atoms with van der Waals surface area (Å²) in [6.07, 6.45) is 2.06. The minimum Gasteiger partial charge on any atom is -0.466 e. The summed E-state index contributed by atoms with van der Waals surface area (Å²) in [6, 6.07) is 5.85. The van der Waals surface area contributed by atoms with Crippen LogP contribution in [0.1, 0.15) is 0 Å². The van der Waals surface area contributed by atoms with E-state index in [-0.39, 0.29) is 11.4 Å². The third-order valence-electron chi connectivity index (χ3n) is 1.66. The molecule has 0 N–H and O–H groups in total. The summed E-state index contributed by atoms with van der Waals surface area (Å²) in [5, 5.41) is 10.6. The average Bonchev–Trinajstić information content (AvgIpc) is 2.29. The molecule has 0 unspecified atom stereocenters. The number of nitrogens with zero attached hydrogens (tertiary/aromatic N) is 1. The van der Waals surface area contributed by atoms with Gasteiger partial charge in [-0.3, -0.25) is 10.1 Å². The van der Waals surface area contributed by atoms with E-state index in [1.165, 1.54) is 25.3 Å². The van der Waals surface area contributed by atoms with Crippen molar-refractivity contribution in [3.05, 3.63) is 46.7 Å². The molecular weight excluding hydrogens is 214 g/mol. The van der Waals surface area contributed by atoms with E-state index in [1.807, 2.05) is 0 Å². The van der Waals surface area contributed by atoms with E-state index in [9.17, 15) is 14.9 Å². The smallest absolute Gasteiger partial charge is 0.333 e. The molecule has 0 spiro atoms. The maximum Gasteiger partial charge on any atom is 0.333 e. The molecule has 0 saturated heterocycles. The summed E-state index contributed by atoms with van der Waals surface area (Å²) in [6.45, 7) is 0. The molecule has 84 valence electrons. The first-order valence-corrected chi connectivity index (χ1v) is 4.29. The van der Waals surface area contributed by atoms with Crippen LogP contribution < -0.4 is 4.74 Å². The van der Waals surface area contributed by atoms with Gasteiger partial charge < -0.3 is 9.47 Å². The van der Waals surface area contributed by atoms with Crippen LogP contribution in [0.3, 0.4) is 0 Å². The van der Waals surface area contributed by atoms with Crippen LogP contribution in [0.25, 0.3) is 0 Å². The molecule has 0 heterocycles. The van der Waals surface area contributed by atoms with Gasteiger partial charge in [0.25, 0.3) is 0 Å². The van der Waals surface area contributed by atoms with Gasteiger partial charge >= 0.3 is 11.7 Å². The van der Waals surface area contributed by atoms with Gasteiger partial charge in [0.1, 0.15) is 0 Å². The minimum atomic E-state index is -0.599. The number of rotatable bonds is 4. The van der Waals surface area contributed by atoms with Crippen molar-refractivity contribution in [2.75, 3.05) is 7.11 Å². The zero-order valence-corrected chi connectivity index (χ0v) is 8.45. The number of nitro benzene ring substituents is 1. The molecule has 0 fully saturated rings. The van der Waals surface area contributed by atoms with E-state index < -0.39 is 10.9 Å². The largest absolute Gasteiger partial charge is 0.466 e. The number of methoxy groups -OCH3 is 1. The molecule has 0 aliphatic heterocycles. The number of hydrogen-bond acceptors (Lipinski definition) is 5. The summed E-state index contributed by atoms with van der Waals surface area (Å²) < 4.78 is 9.27. The Morgan fingerprint density at radius 2 is 2.12 bits per heavy atom. The van der Waals surface area contributed by atoms with Crippen LogP contribution >= 0.6 is 0 Å². The highest BCUT2D eigenvalue weighted by molar-refractivity contribution is 5.81. The van der Waals surface area contributed by atoms with Crippen LogP contribution in [0.4, 0.5) is 5.69 Å². The third kappa shape index (κ3) is 3.09. The number of ether oxygens (including phenoxy) is 2. The van der Waals surface area contributed by atoms with Gasteiger partial charge in [0, 0.05) is 6.07 Å². The highest BCUT2D eigenvalue weighted by atomic mass is 16.6. The normalized spacial score (nSPS) is 10.1. The number of carbonyl (C=O) groups is 1. The molecule has 0 aromatic heterocycles. The molecular formula is C10H9NO5. The van der Waals surface area contributed by atoms with Crippen molar-refractivity contribution in [2.24, 2.45) is 0 Å². The number of nitro groups is 1. The van der Waals surface area contributed by atoms with Gasteiger partial charge in [-0.2, -0.15) is 0 Å². The molecule has 1 aromatic carbocycles. The van der Waals surface area contributed by atoms with Crippen molar-refractivity contribution in [3.8, 4) is 5.75 Å². The zero-order valence-electron chi connectivity index (χ0n) is 8.45. The van der Waals surface area contributed by atoms with E-state index in [4.69, 9.17) is 4.74 Å². The molecule has 0 saturated carbocycles. The summed E-state index contributed by atoms with van der Waals surface area (Å²) in [4.78, 5) is 20.7. The molecule has 0 radical (unpaired) electrons. The fourth-order valence-electron chi connectivity index (χ4n) is 0.939. The SMILES string of the molecule is COC(=O)C=COc1ccccc1[N+](=O)[O-]. The Morgan fingerprint density at radius 1 is 1.44 bits per heavy atom. The lowest BCUT2D eigenvalue weighted by molar-refractivity contribution is -0.385. The Balaban J connectivity index is 2.77. The quantitative estimate of drug-likeness (QED) is 0.255. The molecule has 0 atom stereocenters. The predicted molar refractivity (Wildman–Crippen MR) is 54.9 cm³/mol. The Morgan fingerprint density at radius 3 is 2.75 bits per heavy atom. The Kier molecular flexibility index (Phi) is 4.02. The molecule has 1 rings (SSSR count). The van der Waals surface area contributed by atoms with Crippen molar-refractivity contribution in [1.82, 2.24) is 0 Å². The lowest BCUT2D eigenvalue weighted by Gasteiger charge is -2.00. The Labute approximate surface area is 91.2 Å². The van der Waals surface area contributed by atoms with Crippen molar-refractivity contribution in [3.63, 3.8) is 0 Å². The maximum atomic E-state index is 10.7. The second-order valence-corrected chi connectivity index (χ2v) is 2.67. The topological polar surface area (TPSA) is 78.7 Å². The predicted octanol–water partition coefficient (Wildman–Crippen LogP) is 1.66. The monoisotopic (exact) mass is 223 g/mol. The van der Waals surface area contributed by atoms with Gasteiger partial charge in [-0.1, -0.05) is 12.1 Å². The molecule has 6 nitrogen and oxygen atoms in total. The zero-order chi connectivity index (χ0) is 12.0. The van der Waals surface area contributed by atoms with Crippen molar-refractivity contribution < 1.29 is 19.2 Å². The maximum absolute atomic E-state index is 10.7. The summed E-state index contributed by atoms with van der Waals surface area (Å²) in [5.74, 6) is -0.536. The first-order valence-electron chi connectivity index (χ1n) is 4.29. The van der Waals surface area contributed by atoms with Crippen LogP contribution in [-0.4, -0.2) is 18.0 Å². The van der Waals surface area contributed by atoms with Crippen LogP contribution in [0.15, 0.2) is 36.6 Å². The van der Waals surface area contributed by atoms with Gasteiger partial charge in [0.05, 0.1) is 24.4 Å². The minimum absolute atomic E-state index is 0.0626. The van der Waals surface area contributed by atoms with E-state index in [0.29, 0.717) is 0 Å². The first-order chi connectivity index (χ1) is 7.65. The van der Waals surface area contributed by atoms with Crippen molar-refractivity contribution in [2.45, 2.75) is 0 Å². The van der Waals surface area contributed by atoms with Gasteiger partial charge in [-0.05, 0) is 6.07 Å². The number of hydrogen-bond donors (Lipinski definition) is 0. The lowest BCUT2D eigenvalue weighted by atomic mass is 10.3. The summed E-state index contributed by atoms with van der Waals surface area (Å²) in [7, 11) is 1.22. The second-order valence-electron chi connectivity index (χ2n) is 2.67. The standard InChI is InChI=1S/C10H9NO5/c1-15-10(12)6-7-16-9-5-3-2-4-8(9)11(13)14/h2-7H,1H3. The molecule has 6 heteroatoms. The van der Waals surface area contributed by atoms with E-state index >= 15 is 0 Å².